The standard InChI is InChI=1S/C18H17NO3S2/c1-13-4-3-5-15(10-13)12-24(20,21)22-17-8-6-16(7-9-17)18-19-14(2)11-23-18/h3-11H,12H2,1-2H3. The van der Waals surface area contributed by atoms with E-state index < -0.39 is 10.1 Å². The zero-order valence-corrected chi connectivity index (χ0v) is 15.0. The molecule has 124 valence electrons. The highest BCUT2D eigenvalue weighted by atomic mass is 32.2. The van der Waals surface area contributed by atoms with Crippen molar-refractivity contribution in [2.45, 2.75) is 19.6 Å². The Hall–Kier alpha value is -2.18. The van der Waals surface area contributed by atoms with Gasteiger partial charge in [-0.2, -0.15) is 8.42 Å². The molecule has 0 fully saturated rings. The molecule has 0 saturated carbocycles. The Bertz CT molecular complexity index is 944. The molecule has 2 aromatic carbocycles. The smallest absolute Gasteiger partial charge is 0.313 e. The third kappa shape index (κ3) is 4.21. The second-order valence-corrected chi connectivity index (χ2v) is 8.02. The molecule has 1 aromatic heterocycles. The van der Waals surface area contributed by atoms with Crippen LogP contribution in [0.3, 0.4) is 0 Å². The largest absolute Gasteiger partial charge is 0.382 e. The molecule has 24 heavy (non-hydrogen) atoms. The lowest BCUT2D eigenvalue weighted by atomic mass is 10.2. The molecule has 0 aliphatic rings. The van der Waals surface area contributed by atoms with Gasteiger partial charge >= 0.3 is 10.1 Å². The first kappa shape index (κ1) is 16.7. The molecule has 0 bridgehead atoms. The van der Waals surface area contributed by atoms with Crippen LogP contribution >= 0.6 is 11.3 Å². The summed E-state index contributed by atoms with van der Waals surface area (Å²) >= 11 is 1.55. The first-order chi connectivity index (χ1) is 11.4. The maximum atomic E-state index is 12.2. The molecule has 0 N–H and O–H groups in total. The Balaban J connectivity index is 1.73. The SMILES string of the molecule is Cc1cccc(CS(=O)(=O)Oc2ccc(-c3nc(C)cs3)cc2)c1. The molecule has 0 aliphatic carbocycles. The van der Waals surface area contributed by atoms with Gasteiger partial charge in [0.25, 0.3) is 0 Å². The molecular formula is C18H17NO3S2. The van der Waals surface area contributed by atoms with E-state index in [9.17, 15) is 8.42 Å². The van der Waals surface area contributed by atoms with Crippen LogP contribution < -0.4 is 4.18 Å². The number of hydrogen-bond donors (Lipinski definition) is 0. The summed E-state index contributed by atoms with van der Waals surface area (Å²) in [6.45, 7) is 3.87. The lowest BCUT2D eigenvalue weighted by Crippen LogP contribution is -2.12. The van der Waals surface area contributed by atoms with Crippen molar-refractivity contribution < 1.29 is 12.6 Å². The Morgan fingerprint density at radius 2 is 1.83 bits per heavy atom. The summed E-state index contributed by atoms with van der Waals surface area (Å²) in [5.74, 6) is 0.155. The maximum absolute atomic E-state index is 12.2. The van der Waals surface area contributed by atoms with Crippen LogP contribution in [-0.4, -0.2) is 13.4 Å². The van der Waals surface area contributed by atoms with E-state index in [4.69, 9.17) is 4.18 Å². The Morgan fingerprint density at radius 1 is 1.08 bits per heavy atom. The van der Waals surface area contributed by atoms with Crippen LogP contribution in [0.1, 0.15) is 16.8 Å². The number of thiazole rings is 1. The molecule has 0 radical (unpaired) electrons. The summed E-state index contributed by atoms with van der Waals surface area (Å²) in [6, 6.07) is 14.3. The Kier molecular flexibility index (Phi) is 4.69. The van der Waals surface area contributed by atoms with Gasteiger partial charge in [-0.1, -0.05) is 29.8 Å². The number of benzene rings is 2. The Morgan fingerprint density at radius 3 is 2.46 bits per heavy atom. The number of nitrogens with zero attached hydrogens (tertiary/aromatic N) is 1. The predicted octanol–water partition coefficient (Wildman–Crippen LogP) is 4.34. The predicted molar refractivity (Wildman–Crippen MR) is 96.7 cm³/mol. The normalized spacial score (nSPS) is 11.4. The average Bonchev–Trinajstić information content (AvgIpc) is 2.93. The fraction of sp³-hybridized carbons (Fsp3) is 0.167. The van der Waals surface area contributed by atoms with Gasteiger partial charge in [0.15, 0.2) is 0 Å². The van der Waals surface area contributed by atoms with Gasteiger partial charge in [-0.3, -0.25) is 0 Å². The molecule has 1 heterocycles. The molecule has 0 aliphatic heterocycles. The van der Waals surface area contributed by atoms with Crippen molar-refractivity contribution in [3.8, 4) is 16.3 Å². The summed E-state index contributed by atoms with van der Waals surface area (Å²) in [5.41, 5.74) is 3.64. The summed E-state index contributed by atoms with van der Waals surface area (Å²) < 4.78 is 29.6. The van der Waals surface area contributed by atoms with Gasteiger partial charge in [0.05, 0.1) is 0 Å². The average molecular weight is 359 g/mol. The van der Waals surface area contributed by atoms with E-state index in [-0.39, 0.29) is 5.75 Å². The van der Waals surface area contributed by atoms with E-state index in [2.05, 4.69) is 4.98 Å². The highest BCUT2D eigenvalue weighted by molar-refractivity contribution is 7.86. The van der Waals surface area contributed by atoms with Crippen LogP contribution in [0.4, 0.5) is 0 Å². The van der Waals surface area contributed by atoms with Crippen LogP contribution in [0.15, 0.2) is 53.9 Å². The third-order valence-electron chi connectivity index (χ3n) is 3.37. The summed E-state index contributed by atoms with van der Waals surface area (Å²) in [4.78, 5) is 4.41. The molecule has 0 saturated heterocycles. The van der Waals surface area contributed by atoms with Crippen LogP contribution in [0.2, 0.25) is 0 Å². The summed E-state index contributed by atoms with van der Waals surface area (Å²) in [5, 5.41) is 2.88. The molecule has 4 nitrogen and oxygen atoms in total. The van der Waals surface area contributed by atoms with E-state index >= 15 is 0 Å². The van der Waals surface area contributed by atoms with Crippen LogP contribution in [0.25, 0.3) is 10.6 Å². The highest BCUT2D eigenvalue weighted by Crippen LogP contribution is 2.26. The van der Waals surface area contributed by atoms with Crippen molar-refractivity contribution in [2.75, 3.05) is 0 Å². The molecule has 3 aromatic rings. The lowest BCUT2D eigenvalue weighted by molar-refractivity contribution is 0.485. The van der Waals surface area contributed by atoms with Crippen molar-refractivity contribution in [1.29, 1.82) is 0 Å². The summed E-state index contributed by atoms with van der Waals surface area (Å²) in [6.07, 6.45) is 0. The Labute approximate surface area is 145 Å². The zero-order valence-electron chi connectivity index (χ0n) is 13.4. The minimum Gasteiger partial charge on any atom is -0.382 e. The van der Waals surface area contributed by atoms with Gasteiger partial charge in [-0.05, 0) is 43.7 Å². The molecule has 0 amide bonds. The molecule has 0 spiro atoms. The quantitative estimate of drug-likeness (QED) is 0.636. The van der Waals surface area contributed by atoms with Gasteiger partial charge in [-0.15, -0.1) is 11.3 Å². The van der Waals surface area contributed by atoms with Gasteiger partial charge in [-0.25, -0.2) is 4.98 Å². The highest BCUT2D eigenvalue weighted by Gasteiger charge is 2.14. The van der Waals surface area contributed by atoms with Crippen molar-refractivity contribution >= 4 is 21.5 Å². The van der Waals surface area contributed by atoms with Gasteiger partial charge < -0.3 is 4.18 Å². The molecule has 0 atom stereocenters. The third-order valence-corrected chi connectivity index (χ3v) is 5.51. The van der Waals surface area contributed by atoms with Crippen LogP contribution in [0, 0.1) is 13.8 Å². The number of hydrogen-bond acceptors (Lipinski definition) is 5. The summed E-state index contributed by atoms with van der Waals surface area (Å²) in [7, 11) is -3.69. The van der Waals surface area contributed by atoms with E-state index in [0.717, 1.165) is 21.8 Å². The number of aryl methyl sites for hydroxylation is 2. The second kappa shape index (κ2) is 6.75. The van der Waals surface area contributed by atoms with Gasteiger partial charge in [0.2, 0.25) is 0 Å². The monoisotopic (exact) mass is 359 g/mol. The van der Waals surface area contributed by atoms with Crippen LogP contribution in [-0.2, 0) is 15.9 Å². The lowest BCUT2D eigenvalue weighted by Gasteiger charge is -2.08. The fourth-order valence-corrected chi connectivity index (χ4v) is 4.18. The van der Waals surface area contributed by atoms with Crippen LogP contribution in [0.5, 0.6) is 5.75 Å². The number of aromatic nitrogens is 1. The van der Waals surface area contributed by atoms with E-state index in [1.165, 1.54) is 0 Å². The van der Waals surface area contributed by atoms with Gasteiger partial charge in [0.1, 0.15) is 16.5 Å². The van der Waals surface area contributed by atoms with Crippen molar-refractivity contribution in [2.24, 2.45) is 0 Å². The second-order valence-electron chi connectivity index (χ2n) is 5.59. The molecular weight excluding hydrogens is 342 g/mol. The first-order valence-corrected chi connectivity index (χ1v) is 9.87. The van der Waals surface area contributed by atoms with Crippen molar-refractivity contribution in [1.82, 2.24) is 4.98 Å². The van der Waals surface area contributed by atoms with Gasteiger partial charge in [0, 0.05) is 16.6 Å². The molecule has 6 heteroatoms. The first-order valence-electron chi connectivity index (χ1n) is 7.41. The van der Waals surface area contributed by atoms with E-state index in [0.29, 0.717) is 11.3 Å². The maximum Gasteiger partial charge on any atom is 0.313 e. The zero-order chi connectivity index (χ0) is 17.2. The van der Waals surface area contributed by atoms with Crippen molar-refractivity contribution in [3.63, 3.8) is 0 Å². The van der Waals surface area contributed by atoms with E-state index in [1.54, 1.807) is 29.5 Å². The minimum atomic E-state index is -3.69. The minimum absolute atomic E-state index is 0.151. The molecule has 3 rings (SSSR count). The fourth-order valence-electron chi connectivity index (χ4n) is 2.32. The number of rotatable bonds is 5. The van der Waals surface area contributed by atoms with Crippen molar-refractivity contribution in [3.05, 3.63) is 70.7 Å². The van der Waals surface area contributed by atoms with E-state index in [1.807, 2.05) is 49.6 Å². The topological polar surface area (TPSA) is 56.3 Å². The molecule has 0 unspecified atom stereocenters.